The molecule has 0 radical (unpaired) electrons. The van der Waals surface area contributed by atoms with Crippen LogP contribution in [0.15, 0.2) is 71.2 Å². The van der Waals surface area contributed by atoms with Crippen LogP contribution in [0.2, 0.25) is 0 Å². The number of carbonyl (C=O) groups excluding carboxylic acids is 3. The van der Waals surface area contributed by atoms with Gasteiger partial charge in [0.15, 0.2) is 0 Å². The van der Waals surface area contributed by atoms with E-state index in [1.807, 2.05) is 6.07 Å². The highest BCUT2D eigenvalue weighted by atomic mass is 19.4. The Labute approximate surface area is 209 Å². The van der Waals surface area contributed by atoms with E-state index in [-0.39, 0.29) is 11.3 Å². The van der Waals surface area contributed by atoms with Crippen molar-refractivity contribution in [1.82, 2.24) is 0 Å². The molecule has 0 bridgehead atoms. The number of amides is 1. The molecule has 37 heavy (non-hydrogen) atoms. The molecular formula is C25H21F3N4O5. The second-order valence-corrected chi connectivity index (χ2v) is 7.75. The van der Waals surface area contributed by atoms with Gasteiger partial charge in [-0.15, -0.1) is 0 Å². The fraction of sp³-hybridized carbons (Fsp3) is 0.200. The molecule has 0 spiro atoms. The lowest BCUT2D eigenvalue weighted by atomic mass is 9.81. The number of nitrogens with zero attached hydrogens (tertiary/aromatic N) is 2. The van der Waals surface area contributed by atoms with Crippen LogP contribution < -0.4 is 16.0 Å². The van der Waals surface area contributed by atoms with Crippen LogP contribution in [0.4, 0.5) is 24.5 Å². The molecule has 1 heterocycles. The van der Waals surface area contributed by atoms with E-state index in [0.717, 1.165) is 38.2 Å². The molecule has 1 atom stereocenters. The fourth-order valence-electron chi connectivity index (χ4n) is 3.95. The Bertz CT molecular complexity index is 1360. The van der Waals surface area contributed by atoms with Crippen LogP contribution in [0.5, 0.6) is 0 Å². The fourth-order valence-corrected chi connectivity index (χ4v) is 3.95. The van der Waals surface area contributed by atoms with Crippen molar-refractivity contribution in [2.45, 2.75) is 19.0 Å². The molecule has 2 aromatic rings. The van der Waals surface area contributed by atoms with Crippen LogP contribution in [-0.2, 0) is 30.0 Å². The zero-order valence-electron chi connectivity index (χ0n) is 19.8. The van der Waals surface area contributed by atoms with Crippen molar-refractivity contribution in [2.24, 2.45) is 5.73 Å². The lowest BCUT2D eigenvalue weighted by molar-refractivity contribution is -0.139. The smallest absolute Gasteiger partial charge is 0.416 e. The number of rotatable bonds is 5. The average molecular weight is 514 g/mol. The zero-order chi connectivity index (χ0) is 27.5. The Hall–Kier alpha value is -4.79. The maximum atomic E-state index is 13.7. The third-order valence-electron chi connectivity index (χ3n) is 5.49. The van der Waals surface area contributed by atoms with Crippen LogP contribution in [0, 0.1) is 11.3 Å². The number of nitrogens with two attached hydrogens (primary N) is 1. The first-order valence-electron chi connectivity index (χ1n) is 10.6. The Morgan fingerprint density at radius 1 is 1.05 bits per heavy atom. The highest BCUT2D eigenvalue weighted by Gasteiger charge is 2.44. The van der Waals surface area contributed by atoms with E-state index in [1.165, 1.54) is 0 Å². The predicted octanol–water partition coefficient (Wildman–Crippen LogP) is 3.56. The molecule has 0 aliphatic carbocycles. The van der Waals surface area contributed by atoms with Gasteiger partial charge in [-0.1, -0.05) is 30.3 Å². The van der Waals surface area contributed by atoms with Gasteiger partial charge in [0.05, 0.1) is 54.3 Å². The van der Waals surface area contributed by atoms with Gasteiger partial charge in [0.1, 0.15) is 11.5 Å². The molecule has 12 heteroatoms. The molecule has 192 valence electrons. The maximum absolute atomic E-state index is 13.7. The van der Waals surface area contributed by atoms with E-state index in [4.69, 9.17) is 15.2 Å². The van der Waals surface area contributed by atoms with E-state index >= 15 is 0 Å². The van der Waals surface area contributed by atoms with Gasteiger partial charge < -0.3 is 20.5 Å². The first-order chi connectivity index (χ1) is 17.5. The van der Waals surface area contributed by atoms with Crippen LogP contribution >= 0.6 is 0 Å². The average Bonchev–Trinajstić information content (AvgIpc) is 2.86. The summed E-state index contributed by atoms with van der Waals surface area (Å²) in [7, 11) is 2.04. The number of carbonyl (C=O) groups is 3. The van der Waals surface area contributed by atoms with Crippen LogP contribution in [-0.4, -0.2) is 32.1 Å². The first kappa shape index (κ1) is 26.8. The number of allylic oxidation sites excluding steroid dienone is 1. The van der Waals surface area contributed by atoms with Gasteiger partial charge in [0.25, 0.3) is 0 Å². The highest BCUT2D eigenvalue weighted by molar-refractivity contribution is 6.07. The second-order valence-electron chi connectivity index (χ2n) is 7.75. The van der Waals surface area contributed by atoms with Gasteiger partial charge in [-0.25, -0.2) is 9.59 Å². The lowest BCUT2D eigenvalue weighted by Gasteiger charge is -2.36. The maximum Gasteiger partial charge on any atom is 0.416 e. The van der Waals surface area contributed by atoms with E-state index in [1.54, 1.807) is 30.3 Å². The molecule has 0 fully saturated rings. The van der Waals surface area contributed by atoms with E-state index < -0.39 is 58.3 Å². The molecule has 2 aromatic carbocycles. The lowest BCUT2D eigenvalue weighted by Crippen LogP contribution is -2.41. The summed E-state index contributed by atoms with van der Waals surface area (Å²) in [6, 6.07) is 12.3. The molecule has 3 rings (SSSR count). The highest BCUT2D eigenvalue weighted by Crippen LogP contribution is 2.46. The molecule has 0 saturated heterocycles. The van der Waals surface area contributed by atoms with E-state index in [9.17, 15) is 32.8 Å². The summed E-state index contributed by atoms with van der Waals surface area (Å²) in [6.07, 6.45) is -4.82. The number of methoxy groups -OCH3 is 2. The number of hydrogen-bond donors (Lipinski definition) is 2. The van der Waals surface area contributed by atoms with Crippen molar-refractivity contribution in [3.8, 4) is 6.07 Å². The summed E-state index contributed by atoms with van der Waals surface area (Å²) < 4.78 is 50.7. The van der Waals surface area contributed by atoms with Gasteiger partial charge in [-0.2, -0.15) is 18.4 Å². The topological polar surface area (TPSA) is 135 Å². The number of benzene rings is 2. The third kappa shape index (κ3) is 5.11. The molecule has 1 aliphatic heterocycles. The van der Waals surface area contributed by atoms with Crippen molar-refractivity contribution in [3.05, 3.63) is 82.3 Å². The van der Waals surface area contributed by atoms with Gasteiger partial charge in [-0.3, -0.25) is 9.69 Å². The first-order valence-corrected chi connectivity index (χ1v) is 10.6. The molecule has 9 nitrogen and oxygen atoms in total. The van der Waals surface area contributed by atoms with E-state index in [0.29, 0.717) is 11.6 Å². The summed E-state index contributed by atoms with van der Waals surface area (Å²) in [6.45, 7) is 1.12. The predicted molar refractivity (Wildman–Crippen MR) is 125 cm³/mol. The monoisotopic (exact) mass is 514 g/mol. The molecule has 1 unspecified atom stereocenters. The second kappa shape index (κ2) is 10.4. The normalized spacial score (nSPS) is 15.7. The van der Waals surface area contributed by atoms with Crippen molar-refractivity contribution in [2.75, 3.05) is 24.4 Å². The minimum Gasteiger partial charge on any atom is -0.466 e. The molecule has 1 amide bonds. The zero-order valence-corrected chi connectivity index (χ0v) is 19.8. The quantitative estimate of drug-likeness (QED) is 0.579. The van der Waals surface area contributed by atoms with Crippen molar-refractivity contribution >= 4 is 29.2 Å². The number of hydrogen-bond acceptors (Lipinski definition) is 8. The summed E-state index contributed by atoms with van der Waals surface area (Å²) in [5.41, 5.74) is 3.76. The Morgan fingerprint density at radius 3 is 2.19 bits per heavy atom. The largest absolute Gasteiger partial charge is 0.466 e. The van der Waals surface area contributed by atoms with Gasteiger partial charge >= 0.3 is 18.1 Å². The van der Waals surface area contributed by atoms with Crippen LogP contribution in [0.3, 0.4) is 0 Å². The minimum absolute atomic E-state index is 0.176. The number of anilines is 2. The van der Waals surface area contributed by atoms with Gasteiger partial charge in [0, 0.05) is 6.92 Å². The SMILES string of the molecule is COC(=O)C1=C(C(=O)OC)N(c2cc(C(F)(F)F)ccc2NC(C)=O)C(N)=C(C#N)C1c1ccccc1. The number of nitriles is 1. The van der Waals surface area contributed by atoms with Crippen molar-refractivity contribution < 1.29 is 37.0 Å². The Kier molecular flexibility index (Phi) is 7.57. The van der Waals surface area contributed by atoms with Crippen molar-refractivity contribution in [3.63, 3.8) is 0 Å². The third-order valence-corrected chi connectivity index (χ3v) is 5.49. The van der Waals surface area contributed by atoms with Crippen molar-refractivity contribution in [1.29, 1.82) is 5.26 Å². The van der Waals surface area contributed by atoms with Gasteiger partial charge in [-0.05, 0) is 23.8 Å². The summed E-state index contributed by atoms with van der Waals surface area (Å²) in [5, 5.41) is 12.4. The molecule has 0 saturated carbocycles. The molecule has 1 aliphatic rings. The summed E-state index contributed by atoms with van der Waals surface area (Å²) >= 11 is 0. The number of nitrogens with one attached hydrogen (secondary N) is 1. The van der Waals surface area contributed by atoms with Crippen LogP contribution in [0.1, 0.15) is 24.0 Å². The number of halogens is 3. The number of esters is 2. The Balaban J connectivity index is 2.50. The molecule has 0 aromatic heterocycles. The van der Waals surface area contributed by atoms with Crippen LogP contribution in [0.25, 0.3) is 0 Å². The number of alkyl halides is 3. The minimum atomic E-state index is -4.82. The van der Waals surface area contributed by atoms with E-state index in [2.05, 4.69) is 5.32 Å². The summed E-state index contributed by atoms with van der Waals surface area (Å²) in [4.78, 5) is 38.8. The molecule has 3 N–H and O–H groups in total. The molecular weight excluding hydrogens is 493 g/mol. The Morgan fingerprint density at radius 2 is 1.68 bits per heavy atom. The standard InChI is InChI=1S/C25H21F3N4O5/c1-13(33)31-17-10-9-15(25(26,27)28)11-18(17)32-21(24(35)37-3)20(23(34)36-2)19(16(12-29)22(32)30)14-7-5-4-6-8-14/h4-11,19H,30H2,1-3H3,(H,31,33). The number of ether oxygens (including phenoxy) is 2. The summed E-state index contributed by atoms with van der Waals surface area (Å²) in [5.74, 6) is -4.49. The van der Waals surface area contributed by atoms with Gasteiger partial charge in [0.2, 0.25) is 5.91 Å².